The quantitative estimate of drug-likeness (QED) is 0.483. The van der Waals surface area contributed by atoms with Gasteiger partial charge in [0, 0.05) is 42.1 Å². The summed E-state index contributed by atoms with van der Waals surface area (Å²) in [4.78, 5) is 34.0. The first kappa shape index (κ1) is 22.3. The molecule has 0 aliphatic heterocycles. The highest BCUT2D eigenvalue weighted by atomic mass is 19.1. The molecule has 3 N–H and O–H groups in total. The van der Waals surface area contributed by atoms with E-state index in [0.29, 0.717) is 34.9 Å². The number of rotatable bonds is 3. The molecule has 8 nitrogen and oxygen atoms in total. The molecule has 9 heteroatoms. The number of halogens is 1. The van der Waals surface area contributed by atoms with Gasteiger partial charge >= 0.3 is 11.3 Å². The Kier molecular flexibility index (Phi) is 5.82. The zero-order valence-electron chi connectivity index (χ0n) is 18.4. The highest BCUT2D eigenvalue weighted by Crippen LogP contribution is 2.34. The van der Waals surface area contributed by atoms with Crippen molar-refractivity contribution in [2.24, 2.45) is 5.73 Å². The molecule has 0 saturated heterocycles. The minimum Gasteiger partial charge on any atom is -0.423 e. The number of nitrogens with two attached hydrogens (primary N) is 1. The summed E-state index contributed by atoms with van der Waals surface area (Å²) < 4.78 is 26.0. The van der Waals surface area contributed by atoms with E-state index in [0.717, 1.165) is 18.2 Å². The number of hydrogen-bond acceptors (Lipinski definition) is 8. The Bertz CT molecular complexity index is 1550. The summed E-state index contributed by atoms with van der Waals surface area (Å²) in [5.41, 5.74) is 4.11. The Balaban J connectivity index is 2.41. The molecular weight excluding hydrogens is 427 g/mol. The lowest BCUT2D eigenvalue weighted by Crippen LogP contribution is -2.19. The maximum atomic E-state index is 14.9. The lowest BCUT2D eigenvalue weighted by atomic mass is 9.91. The first-order valence-electron chi connectivity index (χ1n) is 10.4. The van der Waals surface area contributed by atoms with Gasteiger partial charge in [-0.3, -0.25) is 0 Å². The van der Waals surface area contributed by atoms with Crippen LogP contribution in [-0.4, -0.2) is 23.1 Å². The molecule has 0 unspecified atom stereocenters. The Morgan fingerprint density at radius 3 is 2.33 bits per heavy atom. The predicted molar refractivity (Wildman–Crippen MR) is 125 cm³/mol. The monoisotopic (exact) mass is 450 g/mol. The van der Waals surface area contributed by atoms with E-state index in [4.69, 9.17) is 14.6 Å². The maximum absolute atomic E-state index is 14.9. The van der Waals surface area contributed by atoms with Crippen molar-refractivity contribution in [3.63, 3.8) is 0 Å². The summed E-state index contributed by atoms with van der Waals surface area (Å²) in [5, 5.41) is 4.09. The van der Waals surface area contributed by atoms with Gasteiger partial charge in [-0.15, -0.1) is 0 Å². The van der Waals surface area contributed by atoms with E-state index in [9.17, 15) is 14.0 Å². The van der Waals surface area contributed by atoms with Gasteiger partial charge in [0.25, 0.3) is 0 Å². The van der Waals surface area contributed by atoms with Crippen molar-refractivity contribution in [1.29, 1.82) is 0 Å². The van der Waals surface area contributed by atoms with Crippen molar-refractivity contribution in [1.82, 2.24) is 9.97 Å². The lowest BCUT2D eigenvalue weighted by molar-refractivity contribution is 0.517. The van der Waals surface area contributed by atoms with Crippen LogP contribution in [0, 0.1) is 5.82 Å². The average molecular weight is 450 g/mol. The molecule has 0 atom stereocenters. The molecule has 0 aliphatic carbocycles. The fourth-order valence-electron chi connectivity index (χ4n) is 3.53. The van der Waals surface area contributed by atoms with E-state index in [-0.39, 0.29) is 22.6 Å². The van der Waals surface area contributed by atoms with Crippen molar-refractivity contribution in [3.8, 4) is 0 Å². The normalized spacial score (nSPS) is 11.7. The van der Waals surface area contributed by atoms with Crippen molar-refractivity contribution in [2.75, 3.05) is 18.4 Å². The molecule has 0 amide bonds. The van der Waals surface area contributed by atoms with Gasteiger partial charge in [-0.1, -0.05) is 45.0 Å². The van der Waals surface area contributed by atoms with E-state index >= 15 is 0 Å². The van der Waals surface area contributed by atoms with E-state index in [1.807, 2.05) is 20.8 Å². The summed E-state index contributed by atoms with van der Waals surface area (Å²) in [6.45, 7) is 6.47. The summed E-state index contributed by atoms with van der Waals surface area (Å²) in [6.07, 6.45) is 0. The van der Waals surface area contributed by atoms with Crippen molar-refractivity contribution < 1.29 is 13.2 Å². The predicted octanol–water partition coefficient (Wildman–Crippen LogP) is 3.77. The number of nitrogens with zero attached hydrogens (tertiary/aromatic N) is 2. The molecule has 2 aromatic carbocycles. The van der Waals surface area contributed by atoms with E-state index in [1.54, 1.807) is 24.3 Å². The fourth-order valence-corrected chi connectivity index (χ4v) is 3.53. The zero-order chi connectivity index (χ0) is 23.8. The van der Waals surface area contributed by atoms with Crippen LogP contribution in [0.25, 0.3) is 32.8 Å². The second-order valence-electron chi connectivity index (χ2n) is 8.49. The minimum absolute atomic E-state index is 0.0524. The van der Waals surface area contributed by atoms with E-state index < -0.39 is 22.5 Å². The molecule has 2 aromatic heterocycles. The fraction of sp³-hybridized carbons (Fsp3) is 0.250. The van der Waals surface area contributed by atoms with E-state index in [2.05, 4.69) is 15.3 Å². The number of anilines is 1. The molecule has 4 rings (SSSR count). The van der Waals surface area contributed by atoms with Crippen LogP contribution in [0.3, 0.4) is 0 Å². The van der Waals surface area contributed by atoms with Gasteiger partial charge in [0.05, 0.1) is 11.1 Å². The smallest absolute Gasteiger partial charge is 0.336 e. The Hall–Kier alpha value is -3.85. The third kappa shape index (κ3) is 4.40. The summed E-state index contributed by atoms with van der Waals surface area (Å²) in [6, 6.07) is 9.72. The summed E-state index contributed by atoms with van der Waals surface area (Å²) in [5.74, 6) is -0.318. The van der Waals surface area contributed by atoms with E-state index in [1.165, 1.54) is 0 Å². The van der Waals surface area contributed by atoms with Gasteiger partial charge in [0.15, 0.2) is 5.58 Å². The molecule has 0 saturated carbocycles. The van der Waals surface area contributed by atoms with Crippen LogP contribution in [0.2, 0.25) is 0 Å². The van der Waals surface area contributed by atoms with Crippen molar-refractivity contribution >= 4 is 38.8 Å². The van der Waals surface area contributed by atoms with Crippen LogP contribution in [0.15, 0.2) is 60.9 Å². The zero-order valence-corrected chi connectivity index (χ0v) is 18.4. The highest BCUT2D eigenvalue weighted by molar-refractivity contribution is 6.15. The SMILES string of the molecule is CC(C)(C)c1nc(NCCN)nc2c1oc(=O)ccc(=O)oc1cc(F)c3ccccc3c12. The van der Waals surface area contributed by atoms with Gasteiger partial charge in [0.2, 0.25) is 5.95 Å². The molecule has 0 spiro atoms. The Morgan fingerprint density at radius 1 is 1.00 bits per heavy atom. The third-order valence-corrected chi connectivity index (χ3v) is 4.97. The highest BCUT2D eigenvalue weighted by Gasteiger charge is 2.24. The van der Waals surface area contributed by atoms with Crippen LogP contribution >= 0.6 is 0 Å². The van der Waals surface area contributed by atoms with Gasteiger partial charge in [-0.2, -0.15) is 0 Å². The number of benzene rings is 2. The Morgan fingerprint density at radius 2 is 1.67 bits per heavy atom. The largest absolute Gasteiger partial charge is 0.423 e. The standard InChI is InChI=1S/C24H23FN4O4/c1-24(2,3)22-21-20(28-23(29-22)27-11-10-26)19-14-7-5-4-6-13(14)15(25)12-16(19)32-17(30)8-9-18(31)33-21/h4-9,12H,10-11,26H2,1-3H3,(H,27,28,29). The minimum atomic E-state index is -0.849. The number of fused-ring (bicyclic) bond motifs is 5. The third-order valence-electron chi connectivity index (χ3n) is 4.97. The molecule has 0 radical (unpaired) electrons. The van der Waals surface area contributed by atoms with Crippen LogP contribution in [0.1, 0.15) is 26.5 Å². The molecule has 2 heterocycles. The van der Waals surface area contributed by atoms with Crippen LogP contribution in [-0.2, 0) is 5.41 Å². The number of hydrogen-bond donors (Lipinski definition) is 2. The lowest BCUT2D eigenvalue weighted by Gasteiger charge is -2.19. The second-order valence-corrected chi connectivity index (χ2v) is 8.49. The topological polar surface area (TPSA) is 124 Å². The van der Waals surface area contributed by atoms with Gasteiger partial charge < -0.3 is 19.9 Å². The Labute approximate surface area is 187 Å². The number of nitrogens with one attached hydrogen (secondary N) is 1. The van der Waals surface area contributed by atoms with Gasteiger partial charge in [-0.05, 0) is 5.39 Å². The molecule has 33 heavy (non-hydrogen) atoms. The first-order valence-corrected chi connectivity index (χ1v) is 10.4. The van der Waals surface area contributed by atoms with Crippen LogP contribution < -0.4 is 22.3 Å². The first-order chi connectivity index (χ1) is 15.7. The summed E-state index contributed by atoms with van der Waals surface area (Å²) in [7, 11) is 0. The van der Waals surface area contributed by atoms with Crippen LogP contribution in [0.5, 0.6) is 0 Å². The van der Waals surface area contributed by atoms with Gasteiger partial charge in [-0.25, -0.2) is 23.9 Å². The van der Waals surface area contributed by atoms with Crippen LogP contribution in [0.4, 0.5) is 10.3 Å². The molecule has 0 aliphatic rings. The second kappa shape index (κ2) is 8.59. The molecule has 0 fully saturated rings. The molecule has 170 valence electrons. The van der Waals surface area contributed by atoms with Crippen molar-refractivity contribution in [2.45, 2.75) is 26.2 Å². The molecule has 4 aromatic rings. The summed E-state index contributed by atoms with van der Waals surface area (Å²) >= 11 is 0. The molecular formula is C24H23FN4O4. The average Bonchev–Trinajstić information content (AvgIpc) is 2.76. The van der Waals surface area contributed by atoms with Crippen molar-refractivity contribution in [3.05, 3.63) is 74.8 Å². The number of aromatic nitrogens is 2. The van der Waals surface area contributed by atoms with Gasteiger partial charge in [0.1, 0.15) is 16.9 Å². The molecule has 0 bridgehead atoms. The maximum Gasteiger partial charge on any atom is 0.336 e.